The highest BCUT2D eigenvalue weighted by atomic mass is 16.5. The SMILES string of the molecule is C=CCOc1c(OC)cccc1C1CC(=O)Nc2c1c(C)nn2-c1ccc2nnc(C)n2n1. The molecule has 168 valence electrons. The van der Waals surface area contributed by atoms with Crippen molar-refractivity contribution in [2.45, 2.75) is 26.2 Å². The fraction of sp³-hybridized carbons (Fsp3) is 0.261. The van der Waals surface area contributed by atoms with Gasteiger partial charge in [0.1, 0.15) is 12.4 Å². The number of aryl methyl sites for hydroxylation is 2. The molecule has 10 nitrogen and oxygen atoms in total. The van der Waals surface area contributed by atoms with Gasteiger partial charge in [0.25, 0.3) is 0 Å². The number of rotatable bonds is 6. The number of methoxy groups -OCH3 is 1. The zero-order chi connectivity index (χ0) is 23.1. The van der Waals surface area contributed by atoms with Crippen molar-refractivity contribution in [3.8, 4) is 17.3 Å². The second kappa shape index (κ2) is 8.05. The summed E-state index contributed by atoms with van der Waals surface area (Å²) in [6.07, 6.45) is 1.93. The van der Waals surface area contributed by atoms with E-state index in [1.54, 1.807) is 28.4 Å². The van der Waals surface area contributed by atoms with E-state index in [9.17, 15) is 4.79 Å². The average molecular weight is 445 g/mol. The predicted molar refractivity (Wildman–Crippen MR) is 121 cm³/mol. The van der Waals surface area contributed by atoms with Crippen LogP contribution >= 0.6 is 0 Å². The van der Waals surface area contributed by atoms with Crippen LogP contribution in [-0.4, -0.2) is 49.2 Å². The van der Waals surface area contributed by atoms with Crippen molar-refractivity contribution in [1.29, 1.82) is 0 Å². The molecule has 33 heavy (non-hydrogen) atoms. The third-order valence-electron chi connectivity index (χ3n) is 5.67. The molecule has 0 spiro atoms. The highest BCUT2D eigenvalue weighted by Crippen LogP contribution is 2.45. The van der Waals surface area contributed by atoms with Crippen molar-refractivity contribution in [3.05, 3.63) is 65.6 Å². The van der Waals surface area contributed by atoms with E-state index in [0.29, 0.717) is 41.2 Å². The molecule has 1 aliphatic rings. The molecular formula is C23H23N7O3. The molecule has 1 aromatic carbocycles. The first-order valence-corrected chi connectivity index (χ1v) is 10.5. The molecule has 1 aliphatic heterocycles. The number of hydrogen-bond acceptors (Lipinski definition) is 7. The minimum Gasteiger partial charge on any atom is -0.493 e. The Morgan fingerprint density at radius 3 is 2.85 bits per heavy atom. The van der Waals surface area contributed by atoms with Gasteiger partial charge in [-0.05, 0) is 32.0 Å². The molecule has 0 fully saturated rings. The topological polar surface area (TPSA) is 108 Å². The van der Waals surface area contributed by atoms with Crippen LogP contribution in [0.15, 0.2) is 43.0 Å². The van der Waals surface area contributed by atoms with Crippen LogP contribution < -0.4 is 14.8 Å². The lowest BCUT2D eigenvalue weighted by Gasteiger charge is -2.26. The van der Waals surface area contributed by atoms with E-state index in [1.165, 1.54) is 0 Å². The Kier molecular flexibility index (Phi) is 5.04. The first kappa shape index (κ1) is 20.7. The van der Waals surface area contributed by atoms with Gasteiger partial charge in [0.15, 0.2) is 28.8 Å². The van der Waals surface area contributed by atoms with Gasteiger partial charge in [0.05, 0.1) is 12.8 Å². The number of carbonyl (C=O) groups excluding carboxylic acids is 1. The van der Waals surface area contributed by atoms with E-state index in [4.69, 9.17) is 14.6 Å². The Hall–Kier alpha value is -4.21. The van der Waals surface area contributed by atoms with Gasteiger partial charge in [0.2, 0.25) is 5.91 Å². The smallest absolute Gasteiger partial charge is 0.226 e. The van der Waals surface area contributed by atoms with Crippen molar-refractivity contribution in [1.82, 2.24) is 29.6 Å². The van der Waals surface area contributed by atoms with E-state index in [-0.39, 0.29) is 18.2 Å². The number of fused-ring (bicyclic) bond motifs is 2. The number of hydrogen-bond donors (Lipinski definition) is 1. The summed E-state index contributed by atoms with van der Waals surface area (Å²) in [7, 11) is 1.59. The molecule has 4 aromatic rings. The van der Waals surface area contributed by atoms with Gasteiger partial charge in [-0.1, -0.05) is 24.8 Å². The Balaban J connectivity index is 1.67. The van der Waals surface area contributed by atoms with E-state index < -0.39 is 0 Å². The van der Waals surface area contributed by atoms with Gasteiger partial charge < -0.3 is 14.8 Å². The molecule has 10 heteroatoms. The Labute approximate surface area is 189 Å². The zero-order valence-electron chi connectivity index (χ0n) is 18.6. The summed E-state index contributed by atoms with van der Waals surface area (Å²) in [4.78, 5) is 12.8. The fourth-order valence-corrected chi connectivity index (χ4v) is 4.24. The van der Waals surface area contributed by atoms with Crippen molar-refractivity contribution >= 4 is 17.4 Å². The van der Waals surface area contributed by atoms with Crippen molar-refractivity contribution < 1.29 is 14.3 Å². The fourth-order valence-electron chi connectivity index (χ4n) is 4.24. The van der Waals surface area contributed by atoms with Crippen LogP contribution in [0.4, 0.5) is 5.82 Å². The maximum Gasteiger partial charge on any atom is 0.226 e. The van der Waals surface area contributed by atoms with Crippen LogP contribution in [0.2, 0.25) is 0 Å². The Bertz CT molecular complexity index is 1390. The normalized spacial score (nSPS) is 15.2. The Morgan fingerprint density at radius 2 is 2.06 bits per heavy atom. The van der Waals surface area contributed by atoms with E-state index in [2.05, 4.69) is 27.2 Å². The number of carbonyl (C=O) groups is 1. The van der Waals surface area contributed by atoms with Crippen molar-refractivity contribution in [2.75, 3.05) is 19.0 Å². The largest absolute Gasteiger partial charge is 0.493 e. The zero-order valence-corrected chi connectivity index (χ0v) is 18.6. The van der Waals surface area contributed by atoms with Gasteiger partial charge >= 0.3 is 0 Å². The first-order valence-electron chi connectivity index (χ1n) is 10.5. The third-order valence-corrected chi connectivity index (χ3v) is 5.67. The summed E-state index contributed by atoms with van der Waals surface area (Å²) in [6, 6.07) is 9.30. The number of benzene rings is 1. The summed E-state index contributed by atoms with van der Waals surface area (Å²) < 4.78 is 14.8. The molecule has 1 N–H and O–H groups in total. The van der Waals surface area contributed by atoms with Crippen LogP contribution in [0.5, 0.6) is 11.5 Å². The lowest BCUT2D eigenvalue weighted by Crippen LogP contribution is -2.25. The molecule has 0 radical (unpaired) electrons. The summed E-state index contributed by atoms with van der Waals surface area (Å²) >= 11 is 0. The van der Waals surface area contributed by atoms with Crippen LogP contribution in [-0.2, 0) is 4.79 Å². The van der Waals surface area contributed by atoms with Gasteiger partial charge in [0, 0.05) is 23.5 Å². The summed E-state index contributed by atoms with van der Waals surface area (Å²) in [5.41, 5.74) is 3.19. The lowest BCUT2D eigenvalue weighted by atomic mass is 9.85. The molecule has 0 saturated carbocycles. The van der Waals surface area contributed by atoms with Gasteiger partial charge in [-0.15, -0.1) is 15.3 Å². The number of anilines is 1. The van der Waals surface area contributed by atoms with E-state index >= 15 is 0 Å². The Morgan fingerprint density at radius 1 is 1.21 bits per heavy atom. The molecule has 4 heterocycles. The molecule has 3 aromatic heterocycles. The first-order chi connectivity index (χ1) is 16.0. The quantitative estimate of drug-likeness (QED) is 0.455. The van der Waals surface area contributed by atoms with Crippen molar-refractivity contribution in [3.63, 3.8) is 0 Å². The number of nitrogens with one attached hydrogen (secondary N) is 1. The number of amides is 1. The summed E-state index contributed by atoms with van der Waals surface area (Å²) in [6.45, 7) is 7.80. The summed E-state index contributed by atoms with van der Waals surface area (Å²) in [5.74, 6) is 2.60. The molecule has 0 saturated heterocycles. The molecular weight excluding hydrogens is 422 g/mol. The molecule has 1 unspecified atom stereocenters. The van der Waals surface area contributed by atoms with Gasteiger partial charge in [-0.2, -0.15) is 14.3 Å². The second-order valence-corrected chi connectivity index (χ2v) is 7.75. The molecule has 5 rings (SSSR count). The van der Waals surface area contributed by atoms with E-state index in [0.717, 1.165) is 16.8 Å². The van der Waals surface area contributed by atoms with Crippen LogP contribution in [0.25, 0.3) is 11.5 Å². The van der Waals surface area contributed by atoms with Gasteiger partial charge in [-0.3, -0.25) is 4.79 Å². The number of nitrogens with zero attached hydrogens (tertiary/aromatic N) is 6. The number of para-hydroxylation sites is 1. The minimum absolute atomic E-state index is 0.118. The standard InChI is InChI=1S/C23H23N7O3/c1-5-11-33-22-15(7-6-8-17(22)32-4)16-12-20(31)24-23-21(16)13(2)27-30(23)19-10-9-18-26-25-14(3)29(18)28-19/h5-10,16H,1,11-12H2,2-4H3,(H,24,31). The number of ether oxygens (including phenoxy) is 2. The lowest BCUT2D eigenvalue weighted by molar-refractivity contribution is -0.116. The molecule has 0 aliphatic carbocycles. The summed E-state index contributed by atoms with van der Waals surface area (Å²) in [5, 5.41) is 20.5. The predicted octanol–water partition coefficient (Wildman–Crippen LogP) is 2.97. The minimum atomic E-state index is -0.266. The highest BCUT2D eigenvalue weighted by molar-refractivity contribution is 5.95. The van der Waals surface area contributed by atoms with Crippen molar-refractivity contribution in [2.24, 2.45) is 0 Å². The molecule has 0 bridgehead atoms. The van der Waals surface area contributed by atoms with Gasteiger partial charge in [-0.25, -0.2) is 0 Å². The molecule has 1 atom stereocenters. The maximum atomic E-state index is 12.8. The van der Waals surface area contributed by atoms with Crippen LogP contribution in [0.1, 0.15) is 35.0 Å². The second-order valence-electron chi connectivity index (χ2n) is 7.75. The van der Waals surface area contributed by atoms with Crippen LogP contribution in [0, 0.1) is 13.8 Å². The monoisotopic (exact) mass is 445 g/mol. The average Bonchev–Trinajstić information content (AvgIpc) is 3.36. The highest BCUT2D eigenvalue weighted by Gasteiger charge is 2.35. The van der Waals surface area contributed by atoms with E-state index in [1.807, 2.05) is 38.1 Å². The third kappa shape index (κ3) is 3.39. The number of aromatic nitrogens is 6. The maximum absolute atomic E-state index is 12.8. The van der Waals surface area contributed by atoms with Crippen LogP contribution in [0.3, 0.4) is 0 Å². The molecule has 1 amide bonds.